The molecule has 104 valence electrons. The van der Waals surface area contributed by atoms with Crippen molar-refractivity contribution in [2.75, 3.05) is 6.54 Å². The average Bonchev–Trinajstić information content (AvgIpc) is 3.03. The van der Waals surface area contributed by atoms with Crippen LogP contribution in [0, 0.1) is 0 Å². The smallest absolute Gasteiger partial charge is 0.176 e. The van der Waals surface area contributed by atoms with Gasteiger partial charge in [0.05, 0.1) is 13.1 Å². The van der Waals surface area contributed by atoms with Crippen molar-refractivity contribution < 1.29 is 4.42 Å². The van der Waals surface area contributed by atoms with Gasteiger partial charge in [-0.05, 0) is 30.3 Å². The molecule has 0 aliphatic heterocycles. The minimum Gasteiger partial charge on any atom is -0.464 e. The largest absolute Gasteiger partial charge is 0.464 e. The quantitative estimate of drug-likeness (QED) is 0.822. The van der Waals surface area contributed by atoms with Gasteiger partial charge in [0.1, 0.15) is 11.5 Å². The van der Waals surface area contributed by atoms with Crippen LogP contribution in [0.5, 0.6) is 0 Å². The number of aromatic nitrogens is 4. The molecule has 1 atom stereocenters. The molecule has 0 saturated heterocycles. The molecule has 0 fully saturated rings. The van der Waals surface area contributed by atoms with Crippen LogP contribution in [-0.4, -0.2) is 26.8 Å². The maximum atomic E-state index is 5.83. The molecule has 6 nitrogen and oxygen atoms in total. The molecule has 2 aromatic heterocycles. The first-order valence-corrected chi connectivity index (χ1v) is 6.77. The summed E-state index contributed by atoms with van der Waals surface area (Å²) in [5.74, 6) is 2.67. The molecule has 2 heterocycles. The zero-order valence-corrected chi connectivity index (χ0v) is 11.8. The molecule has 0 aliphatic carbocycles. The van der Waals surface area contributed by atoms with E-state index in [0.29, 0.717) is 6.42 Å². The lowest BCUT2D eigenvalue weighted by Gasteiger charge is -2.14. The van der Waals surface area contributed by atoms with Crippen LogP contribution in [0.1, 0.15) is 43.7 Å². The minimum absolute atomic E-state index is 0.101. The van der Waals surface area contributed by atoms with Gasteiger partial charge in [-0.2, -0.15) is 4.80 Å². The highest BCUT2D eigenvalue weighted by molar-refractivity contribution is 5.12. The fourth-order valence-corrected chi connectivity index (χ4v) is 1.95. The van der Waals surface area contributed by atoms with Crippen molar-refractivity contribution in [2.24, 2.45) is 7.05 Å². The fraction of sp³-hybridized carbons (Fsp3) is 0.615. The molecule has 0 aliphatic rings. The van der Waals surface area contributed by atoms with Gasteiger partial charge in [0.2, 0.25) is 0 Å². The molecule has 2 aromatic rings. The fourth-order valence-electron chi connectivity index (χ4n) is 1.95. The highest BCUT2D eigenvalue weighted by Crippen LogP contribution is 2.20. The first-order chi connectivity index (χ1) is 9.22. The van der Waals surface area contributed by atoms with Crippen LogP contribution < -0.4 is 5.32 Å². The van der Waals surface area contributed by atoms with E-state index < -0.39 is 0 Å². The van der Waals surface area contributed by atoms with E-state index in [1.165, 1.54) is 4.80 Å². The van der Waals surface area contributed by atoms with E-state index in [2.05, 4.69) is 34.6 Å². The van der Waals surface area contributed by atoms with E-state index >= 15 is 0 Å². The molecule has 0 spiro atoms. The number of nitrogens with one attached hydrogen (secondary N) is 1. The molecule has 19 heavy (non-hydrogen) atoms. The minimum atomic E-state index is 0.101. The summed E-state index contributed by atoms with van der Waals surface area (Å²) in [7, 11) is 1.77. The number of nitrogens with zero attached hydrogens (tertiary/aromatic N) is 4. The molecular formula is C13H21N5O. The Morgan fingerprint density at radius 1 is 1.37 bits per heavy atom. The monoisotopic (exact) mass is 263 g/mol. The standard InChI is InChI=1S/C13H21N5O/c1-4-8-14-11(9-13-15-17-18(3)16-13)12-7-6-10(5-2)19-12/h6-7,11,14H,4-5,8-9H2,1-3H3. The van der Waals surface area contributed by atoms with E-state index in [4.69, 9.17) is 4.42 Å². The molecule has 0 bridgehead atoms. The third-order valence-corrected chi connectivity index (χ3v) is 2.95. The van der Waals surface area contributed by atoms with Gasteiger partial charge in [0, 0.05) is 12.8 Å². The Labute approximate surface area is 113 Å². The maximum Gasteiger partial charge on any atom is 0.176 e. The van der Waals surface area contributed by atoms with Crippen LogP contribution in [-0.2, 0) is 19.9 Å². The Morgan fingerprint density at radius 2 is 2.21 bits per heavy atom. The van der Waals surface area contributed by atoms with Gasteiger partial charge < -0.3 is 9.73 Å². The van der Waals surface area contributed by atoms with Crippen LogP contribution >= 0.6 is 0 Å². The number of tetrazole rings is 1. The molecule has 0 aromatic carbocycles. The third kappa shape index (κ3) is 3.64. The number of hydrogen-bond acceptors (Lipinski definition) is 5. The first kappa shape index (κ1) is 13.7. The highest BCUT2D eigenvalue weighted by Gasteiger charge is 2.18. The van der Waals surface area contributed by atoms with Crippen LogP contribution in [0.25, 0.3) is 0 Å². The zero-order valence-electron chi connectivity index (χ0n) is 11.8. The van der Waals surface area contributed by atoms with Crippen molar-refractivity contribution in [3.63, 3.8) is 0 Å². The van der Waals surface area contributed by atoms with E-state index in [1.54, 1.807) is 7.05 Å². The van der Waals surface area contributed by atoms with Crippen molar-refractivity contribution in [1.82, 2.24) is 25.5 Å². The van der Waals surface area contributed by atoms with Crippen LogP contribution in [0.2, 0.25) is 0 Å². The molecule has 2 rings (SSSR count). The van der Waals surface area contributed by atoms with E-state index in [0.717, 1.165) is 36.7 Å². The van der Waals surface area contributed by atoms with E-state index in [1.807, 2.05) is 12.1 Å². The van der Waals surface area contributed by atoms with Gasteiger partial charge in [-0.15, -0.1) is 10.2 Å². The second-order valence-corrected chi connectivity index (χ2v) is 4.56. The molecule has 0 radical (unpaired) electrons. The topological polar surface area (TPSA) is 68.8 Å². The lowest BCUT2D eigenvalue weighted by Crippen LogP contribution is -2.24. The molecule has 1 unspecified atom stereocenters. The van der Waals surface area contributed by atoms with Gasteiger partial charge in [-0.25, -0.2) is 0 Å². The Morgan fingerprint density at radius 3 is 2.79 bits per heavy atom. The maximum absolute atomic E-state index is 5.83. The summed E-state index contributed by atoms with van der Waals surface area (Å²) in [6.45, 7) is 5.17. The molecule has 0 amide bonds. The van der Waals surface area contributed by atoms with E-state index in [9.17, 15) is 0 Å². The summed E-state index contributed by atoms with van der Waals surface area (Å²) in [5.41, 5.74) is 0. The number of aryl methyl sites for hydroxylation is 2. The second-order valence-electron chi connectivity index (χ2n) is 4.56. The van der Waals surface area contributed by atoms with E-state index in [-0.39, 0.29) is 6.04 Å². The van der Waals surface area contributed by atoms with Crippen LogP contribution in [0.4, 0.5) is 0 Å². The lowest BCUT2D eigenvalue weighted by atomic mass is 10.1. The number of furan rings is 1. The summed E-state index contributed by atoms with van der Waals surface area (Å²) < 4.78 is 5.83. The SMILES string of the molecule is CCCNC(Cc1nnn(C)n1)c1ccc(CC)o1. The lowest BCUT2D eigenvalue weighted by molar-refractivity contribution is 0.388. The van der Waals surface area contributed by atoms with Crippen molar-refractivity contribution >= 4 is 0 Å². The Hall–Kier alpha value is -1.69. The third-order valence-electron chi connectivity index (χ3n) is 2.95. The van der Waals surface area contributed by atoms with Crippen molar-refractivity contribution in [1.29, 1.82) is 0 Å². The van der Waals surface area contributed by atoms with Gasteiger partial charge in [-0.3, -0.25) is 0 Å². The van der Waals surface area contributed by atoms with Gasteiger partial charge in [0.25, 0.3) is 0 Å². The zero-order chi connectivity index (χ0) is 13.7. The molecular weight excluding hydrogens is 242 g/mol. The average molecular weight is 263 g/mol. The summed E-state index contributed by atoms with van der Waals surface area (Å²) >= 11 is 0. The Kier molecular flexibility index (Phi) is 4.68. The number of hydrogen-bond donors (Lipinski definition) is 1. The Bertz CT molecular complexity index is 505. The predicted octanol–water partition coefficient (Wildman–Crippen LogP) is 1.65. The number of rotatable bonds is 7. The summed E-state index contributed by atoms with van der Waals surface area (Å²) in [6, 6.07) is 4.16. The van der Waals surface area contributed by atoms with Crippen molar-refractivity contribution in [3.05, 3.63) is 29.5 Å². The normalized spacial score (nSPS) is 12.8. The summed E-state index contributed by atoms with van der Waals surface area (Å²) in [6.07, 6.45) is 2.67. The predicted molar refractivity (Wildman–Crippen MR) is 71.6 cm³/mol. The van der Waals surface area contributed by atoms with Crippen molar-refractivity contribution in [3.8, 4) is 0 Å². The second kappa shape index (κ2) is 6.47. The van der Waals surface area contributed by atoms with Gasteiger partial charge >= 0.3 is 0 Å². The molecule has 6 heteroatoms. The summed E-state index contributed by atoms with van der Waals surface area (Å²) in [5, 5.41) is 15.6. The molecule has 0 saturated carbocycles. The summed E-state index contributed by atoms with van der Waals surface area (Å²) in [4.78, 5) is 1.48. The van der Waals surface area contributed by atoms with Gasteiger partial charge in [-0.1, -0.05) is 13.8 Å². The first-order valence-electron chi connectivity index (χ1n) is 6.77. The van der Waals surface area contributed by atoms with Crippen LogP contribution in [0.15, 0.2) is 16.5 Å². The highest BCUT2D eigenvalue weighted by atomic mass is 16.3. The van der Waals surface area contributed by atoms with Crippen LogP contribution in [0.3, 0.4) is 0 Å². The molecule has 1 N–H and O–H groups in total. The van der Waals surface area contributed by atoms with Gasteiger partial charge in [0.15, 0.2) is 5.82 Å². The van der Waals surface area contributed by atoms with Crippen molar-refractivity contribution in [2.45, 2.75) is 39.2 Å². The Balaban J connectivity index is 2.10.